The number of hydrogen-bond acceptors (Lipinski definition) is 4. The molecule has 4 nitrogen and oxygen atoms in total. The number of fused-ring (bicyclic) bond motifs is 8. The summed E-state index contributed by atoms with van der Waals surface area (Å²) in [5, 5.41) is 9.56. The molecule has 0 aliphatic rings. The zero-order valence-corrected chi connectivity index (χ0v) is 29.6. The highest BCUT2D eigenvalue weighted by Gasteiger charge is 2.17. The third kappa shape index (κ3) is 5.26. The van der Waals surface area contributed by atoms with Crippen molar-refractivity contribution in [1.29, 1.82) is 0 Å². The van der Waals surface area contributed by atoms with E-state index in [0.717, 1.165) is 49.8 Å². The first-order chi connectivity index (χ1) is 27.2. The van der Waals surface area contributed by atoms with Crippen LogP contribution in [0.2, 0.25) is 0 Å². The maximum atomic E-state index is 6.33. The number of hydrogen-bond donors (Lipinski definition) is 0. The summed E-state index contributed by atoms with van der Waals surface area (Å²) in [7, 11) is 0. The van der Waals surface area contributed by atoms with Crippen LogP contribution in [0, 0.1) is 0 Å². The van der Waals surface area contributed by atoms with E-state index in [9.17, 15) is 0 Å². The summed E-state index contributed by atoms with van der Waals surface area (Å²) in [6.07, 6.45) is 0. The minimum atomic E-state index is 0.641. The Hall–Kier alpha value is -7.43. The van der Waals surface area contributed by atoms with Crippen molar-refractivity contribution in [2.45, 2.75) is 0 Å². The third-order valence-corrected chi connectivity index (χ3v) is 10.7. The van der Waals surface area contributed by atoms with Crippen LogP contribution in [0.1, 0.15) is 0 Å². The predicted octanol–water partition coefficient (Wildman–Crippen LogP) is 13.6. The van der Waals surface area contributed by atoms with Gasteiger partial charge in [-0.25, -0.2) is 15.0 Å². The fourth-order valence-electron chi connectivity index (χ4n) is 8.06. The Labute approximate surface area is 317 Å². The number of rotatable bonds is 5. The Morgan fingerprint density at radius 3 is 1.22 bits per heavy atom. The van der Waals surface area contributed by atoms with E-state index < -0.39 is 0 Å². The lowest BCUT2D eigenvalue weighted by molar-refractivity contribution is 0.669. The predicted molar refractivity (Wildman–Crippen MR) is 227 cm³/mol. The molecule has 11 aromatic rings. The summed E-state index contributed by atoms with van der Waals surface area (Å²) >= 11 is 0. The van der Waals surface area contributed by atoms with Gasteiger partial charge in [-0.1, -0.05) is 158 Å². The number of benzene rings is 9. The molecule has 2 aromatic heterocycles. The Morgan fingerprint density at radius 2 is 0.655 bits per heavy atom. The first kappa shape index (κ1) is 31.1. The van der Waals surface area contributed by atoms with Crippen molar-refractivity contribution in [3.63, 3.8) is 0 Å². The molecule has 0 radical (unpaired) electrons. The van der Waals surface area contributed by atoms with Gasteiger partial charge in [0.15, 0.2) is 17.5 Å². The molecule has 0 atom stereocenters. The van der Waals surface area contributed by atoms with Crippen LogP contribution in [0.3, 0.4) is 0 Å². The summed E-state index contributed by atoms with van der Waals surface area (Å²) in [6, 6.07) is 65.9. The van der Waals surface area contributed by atoms with Crippen molar-refractivity contribution in [3.05, 3.63) is 188 Å². The van der Waals surface area contributed by atoms with Crippen LogP contribution in [0.15, 0.2) is 192 Å². The van der Waals surface area contributed by atoms with E-state index in [1.165, 1.54) is 43.4 Å². The molecule has 0 aliphatic carbocycles. The molecule has 256 valence electrons. The Morgan fingerprint density at radius 1 is 0.255 bits per heavy atom. The van der Waals surface area contributed by atoms with E-state index in [-0.39, 0.29) is 0 Å². The number of para-hydroxylation sites is 1. The third-order valence-electron chi connectivity index (χ3n) is 10.7. The molecule has 11 rings (SSSR count). The van der Waals surface area contributed by atoms with Crippen molar-refractivity contribution < 1.29 is 4.42 Å². The second kappa shape index (κ2) is 12.6. The standard InChI is InChI=1S/C51H31N3O/c1-3-13-33(14-4-1)49-52-50(34-15-5-2-6-16-34)54-51(53-49)35-25-23-32(24-26-35)43-30-45-40-20-10-8-18-38(40)44(31-46(45)39-19-9-7-17-37(39)43)36-27-28-42-41-21-11-12-22-47(41)55-48(42)29-36/h1-31H. The molecule has 0 bridgehead atoms. The van der Waals surface area contributed by atoms with Crippen LogP contribution in [-0.2, 0) is 0 Å². The van der Waals surface area contributed by atoms with E-state index >= 15 is 0 Å². The lowest BCUT2D eigenvalue weighted by Crippen LogP contribution is -2.00. The molecule has 0 aliphatic heterocycles. The van der Waals surface area contributed by atoms with Gasteiger partial charge in [0.25, 0.3) is 0 Å². The molecular weight excluding hydrogens is 671 g/mol. The van der Waals surface area contributed by atoms with Gasteiger partial charge in [-0.2, -0.15) is 0 Å². The molecule has 0 amide bonds. The average Bonchev–Trinajstić information content (AvgIpc) is 3.64. The summed E-state index contributed by atoms with van der Waals surface area (Å²) < 4.78 is 6.33. The van der Waals surface area contributed by atoms with Gasteiger partial charge in [0.1, 0.15) is 11.2 Å². The number of furan rings is 1. The van der Waals surface area contributed by atoms with Gasteiger partial charge in [0, 0.05) is 27.5 Å². The van der Waals surface area contributed by atoms with Crippen LogP contribution in [0.4, 0.5) is 0 Å². The number of nitrogens with zero attached hydrogens (tertiary/aromatic N) is 3. The van der Waals surface area contributed by atoms with Crippen molar-refractivity contribution in [2.75, 3.05) is 0 Å². The molecule has 9 aromatic carbocycles. The number of aromatic nitrogens is 3. The first-order valence-electron chi connectivity index (χ1n) is 18.5. The molecule has 0 fully saturated rings. The minimum Gasteiger partial charge on any atom is -0.456 e. The highest BCUT2D eigenvalue weighted by atomic mass is 16.3. The van der Waals surface area contributed by atoms with Crippen LogP contribution in [0.5, 0.6) is 0 Å². The molecule has 4 heteroatoms. The molecular formula is C51H31N3O. The summed E-state index contributed by atoms with van der Waals surface area (Å²) in [5.41, 5.74) is 9.28. The zero-order valence-electron chi connectivity index (χ0n) is 29.6. The van der Waals surface area contributed by atoms with E-state index in [4.69, 9.17) is 19.4 Å². The quantitative estimate of drug-likeness (QED) is 0.168. The van der Waals surface area contributed by atoms with E-state index in [0.29, 0.717) is 17.5 Å². The fraction of sp³-hybridized carbons (Fsp3) is 0. The van der Waals surface area contributed by atoms with Gasteiger partial charge >= 0.3 is 0 Å². The SMILES string of the molecule is c1ccc(-c2nc(-c3ccccc3)nc(-c3ccc(-c4cc5c6ccccc6c(-c6ccc7c(c6)oc6ccccc67)cc5c5ccccc45)cc3)n2)cc1. The summed E-state index contributed by atoms with van der Waals surface area (Å²) in [6.45, 7) is 0. The van der Waals surface area contributed by atoms with Gasteiger partial charge in [-0.05, 0) is 84.9 Å². The van der Waals surface area contributed by atoms with Crippen molar-refractivity contribution >= 4 is 54.3 Å². The average molecular weight is 702 g/mol. The smallest absolute Gasteiger partial charge is 0.164 e. The second-order valence-corrected chi connectivity index (χ2v) is 14.0. The molecule has 0 spiro atoms. The summed E-state index contributed by atoms with van der Waals surface area (Å²) in [5.74, 6) is 1.94. The normalized spacial score (nSPS) is 11.6. The van der Waals surface area contributed by atoms with Crippen molar-refractivity contribution in [2.24, 2.45) is 0 Å². The van der Waals surface area contributed by atoms with Gasteiger partial charge in [-0.15, -0.1) is 0 Å². The van der Waals surface area contributed by atoms with Gasteiger partial charge in [-0.3, -0.25) is 0 Å². The highest BCUT2D eigenvalue weighted by molar-refractivity contribution is 6.24. The van der Waals surface area contributed by atoms with Crippen molar-refractivity contribution in [1.82, 2.24) is 15.0 Å². The highest BCUT2D eigenvalue weighted by Crippen LogP contribution is 2.43. The molecule has 55 heavy (non-hydrogen) atoms. The molecule has 0 N–H and O–H groups in total. The fourth-order valence-corrected chi connectivity index (χ4v) is 8.06. The monoisotopic (exact) mass is 701 g/mol. The van der Waals surface area contributed by atoms with Crippen LogP contribution in [0.25, 0.3) is 111 Å². The molecule has 2 heterocycles. The lowest BCUT2D eigenvalue weighted by Gasteiger charge is -2.16. The lowest BCUT2D eigenvalue weighted by atomic mass is 9.87. The molecule has 0 unspecified atom stereocenters. The van der Waals surface area contributed by atoms with E-state index in [1.807, 2.05) is 72.8 Å². The maximum absolute atomic E-state index is 6.33. The Bertz CT molecular complexity index is 3180. The maximum Gasteiger partial charge on any atom is 0.164 e. The second-order valence-electron chi connectivity index (χ2n) is 14.0. The van der Waals surface area contributed by atoms with Crippen LogP contribution in [-0.4, -0.2) is 15.0 Å². The van der Waals surface area contributed by atoms with E-state index in [1.54, 1.807) is 0 Å². The van der Waals surface area contributed by atoms with E-state index in [2.05, 4.69) is 115 Å². The topological polar surface area (TPSA) is 51.8 Å². The van der Waals surface area contributed by atoms with Gasteiger partial charge in [0.05, 0.1) is 0 Å². The van der Waals surface area contributed by atoms with Gasteiger partial charge in [0.2, 0.25) is 0 Å². The minimum absolute atomic E-state index is 0.641. The summed E-state index contributed by atoms with van der Waals surface area (Å²) in [4.78, 5) is 14.8. The van der Waals surface area contributed by atoms with Crippen LogP contribution < -0.4 is 0 Å². The van der Waals surface area contributed by atoms with Gasteiger partial charge < -0.3 is 4.42 Å². The molecule has 0 saturated carbocycles. The Balaban J connectivity index is 1.06. The zero-order chi connectivity index (χ0) is 36.3. The first-order valence-corrected chi connectivity index (χ1v) is 18.5. The largest absolute Gasteiger partial charge is 0.456 e. The van der Waals surface area contributed by atoms with Crippen molar-refractivity contribution in [3.8, 4) is 56.4 Å². The molecule has 0 saturated heterocycles. The Kier molecular flexibility index (Phi) is 7.14. The van der Waals surface area contributed by atoms with Crippen LogP contribution >= 0.6 is 0 Å².